The first-order valence-electron chi connectivity index (χ1n) is 13.5. The molecule has 0 bridgehead atoms. The smallest absolute Gasteiger partial charge is 0.407 e. The van der Waals surface area contributed by atoms with Crippen LogP contribution in [0.15, 0.2) is 120 Å². The monoisotopic (exact) mass is 632 g/mol. The molecule has 1 aliphatic heterocycles. The van der Waals surface area contributed by atoms with E-state index in [4.69, 9.17) is 18.7 Å². The van der Waals surface area contributed by atoms with Crippen LogP contribution in [0.1, 0.15) is 26.9 Å². The number of carbonyl (C=O) groups excluding carboxylic acids is 2. The van der Waals surface area contributed by atoms with Crippen molar-refractivity contribution in [3.8, 4) is 0 Å². The molecule has 4 heterocycles. The normalized spacial score (nSPS) is 19.6. The van der Waals surface area contributed by atoms with Gasteiger partial charge in [0, 0.05) is 37.1 Å². The maximum absolute atomic E-state index is 14.7. The minimum Gasteiger partial charge on any atom is -0.459 e. The third kappa shape index (κ3) is 6.17. The molecule has 4 atom stereocenters. The number of esters is 2. The zero-order chi connectivity index (χ0) is 31.4. The van der Waals surface area contributed by atoms with Crippen molar-refractivity contribution in [1.82, 2.24) is 28.2 Å². The molecule has 5 aromatic rings. The van der Waals surface area contributed by atoms with E-state index in [-0.39, 0.29) is 11.1 Å². The molecule has 1 aliphatic rings. The van der Waals surface area contributed by atoms with Crippen LogP contribution in [0.5, 0.6) is 0 Å². The number of nitrogens with one attached hydrogen (secondary N) is 1. The van der Waals surface area contributed by atoms with Gasteiger partial charge in [0.1, 0.15) is 31.5 Å². The van der Waals surface area contributed by atoms with Crippen LogP contribution in [0.2, 0.25) is 0 Å². The van der Waals surface area contributed by atoms with Gasteiger partial charge < -0.3 is 14.2 Å². The molecule has 2 unspecified atom stereocenters. The highest BCUT2D eigenvalue weighted by atomic mass is 31.2. The van der Waals surface area contributed by atoms with Crippen molar-refractivity contribution >= 4 is 19.6 Å². The van der Waals surface area contributed by atoms with Crippen molar-refractivity contribution in [2.45, 2.75) is 24.5 Å². The molecule has 16 heteroatoms. The topological polar surface area (TPSA) is 179 Å². The van der Waals surface area contributed by atoms with E-state index in [2.05, 4.69) is 15.0 Å². The van der Waals surface area contributed by atoms with Crippen LogP contribution >= 0.6 is 7.67 Å². The van der Waals surface area contributed by atoms with Crippen molar-refractivity contribution in [3.05, 3.63) is 142 Å². The fourth-order valence-electron chi connectivity index (χ4n) is 4.72. The van der Waals surface area contributed by atoms with Crippen LogP contribution in [0, 0.1) is 0 Å². The number of hydrogen-bond donors (Lipinski definition) is 1. The second kappa shape index (κ2) is 12.7. The lowest BCUT2D eigenvalue weighted by Crippen LogP contribution is -2.42. The second-order valence-electron chi connectivity index (χ2n) is 9.73. The predicted octanol–water partition coefficient (Wildman–Crippen LogP) is 2.50. The van der Waals surface area contributed by atoms with Gasteiger partial charge in [0.05, 0.1) is 11.1 Å². The molecule has 0 aliphatic carbocycles. The van der Waals surface area contributed by atoms with E-state index < -0.39 is 62.0 Å². The number of imidazole rings is 2. The van der Waals surface area contributed by atoms with Crippen molar-refractivity contribution in [2.75, 3.05) is 6.61 Å². The third-order valence-corrected chi connectivity index (χ3v) is 9.03. The zero-order valence-electron chi connectivity index (χ0n) is 23.3. The van der Waals surface area contributed by atoms with Gasteiger partial charge in [0.25, 0.3) is 5.56 Å². The van der Waals surface area contributed by atoms with E-state index >= 15 is 0 Å². The fraction of sp³-hybridized carbons (Fsp3) is 0.172. The molecule has 1 saturated heterocycles. The number of benzene rings is 2. The molecule has 0 spiro atoms. The van der Waals surface area contributed by atoms with Gasteiger partial charge >= 0.3 is 25.3 Å². The van der Waals surface area contributed by atoms with E-state index in [9.17, 15) is 23.7 Å². The summed E-state index contributed by atoms with van der Waals surface area (Å²) < 4.78 is 42.1. The molecule has 0 radical (unpaired) electrons. The van der Waals surface area contributed by atoms with Gasteiger partial charge in [-0.3, -0.25) is 18.9 Å². The maximum Gasteiger partial charge on any atom is 0.407 e. The molecular formula is C29H25N6O9P. The Morgan fingerprint density at radius 3 is 1.98 bits per heavy atom. The standard InChI is InChI=1S/C29H25N6O9P/c36-23-11-14-35(29(39)32-23)26-25(43-28(38)21-9-5-2-6-10-21)24(22(42-26)17-41-27(37)20-7-3-1-4-8-20)44-45(40,33-15-12-30-18-33)34-16-13-31-19-34/h1-16,18-19,22,24-26H,17H2,(H,32,36,39)/t22-,24?,25?,26-/m1/s1. The Balaban J connectivity index is 1.42. The van der Waals surface area contributed by atoms with E-state index in [1.165, 1.54) is 58.2 Å². The predicted molar refractivity (Wildman–Crippen MR) is 155 cm³/mol. The summed E-state index contributed by atoms with van der Waals surface area (Å²) >= 11 is 0. The summed E-state index contributed by atoms with van der Waals surface area (Å²) in [5, 5.41) is 0. The van der Waals surface area contributed by atoms with Gasteiger partial charge in [-0.25, -0.2) is 37.6 Å². The van der Waals surface area contributed by atoms with Gasteiger partial charge in [-0.2, -0.15) is 0 Å². The van der Waals surface area contributed by atoms with Gasteiger partial charge in [0.15, 0.2) is 12.3 Å². The summed E-state index contributed by atoms with van der Waals surface area (Å²) in [5.41, 5.74) is -1.11. The first kappa shape index (κ1) is 29.7. The number of aromatic nitrogens is 6. The summed E-state index contributed by atoms with van der Waals surface area (Å²) in [6.07, 6.45) is 3.80. The third-order valence-electron chi connectivity index (χ3n) is 6.88. The Labute approximate surface area is 254 Å². The van der Waals surface area contributed by atoms with Crippen molar-refractivity contribution < 1.29 is 32.9 Å². The van der Waals surface area contributed by atoms with Crippen LogP contribution in [0.4, 0.5) is 0 Å². The van der Waals surface area contributed by atoms with E-state index in [0.717, 1.165) is 16.8 Å². The first-order chi connectivity index (χ1) is 21.8. The maximum atomic E-state index is 14.7. The molecule has 45 heavy (non-hydrogen) atoms. The van der Waals surface area contributed by atoms with E-state index in [1.54, 1.807) is 48.5 Å². The number of rotatable bonds is 10. The number of nitrogens with zero attached hydrogens (tertiary/aromatic N) is 5. The van der Waals surface area contributed by atoms with Crippen LogP contribution in [-0.4, -0.2) is 65.1 Å². The van der Waals surface area contributed by atoms with E-state index in [1.807, 2.05) is 0 Å². The molecule has 0 saturated carbocycles. The summed E-state index contributed by atoms with van der Waals surface area (Å²) in [6.45, 7) is -0.458. The lowest BCUT2D eigenvalue weighted by atomic mass is 10.1. The summed E-state index contributed by atoms with van der Waals surface area (Å²) in [7, 11) is -4.16. The Morgan fingerprint density at radius 1 is 0.822 bits per heavy atom. The van der Waals surface area contributed by atoms with Crippen molar-refractivity contribution in [3.63, 3.8) is 0 Å². The Bertz CT molecular complexity index is 1890. The van der Waals surface area contributed by atoms with Gasteiger partial charge in [-0.15, -0.1) is 0 Å². The minimum absolute atomic E-state index is 0.176. The Kier molecular flexibility index (Phi) is 8.38. The quantitative estimate of drug-likeness (QED) is 0.177. The second-order valence-corrected chi connectivity index (χ2v) is 11.8. The molecule has 2 aromatic carbocycles. The number of H-pyrrole nitrogens is 1. The lowest BCUT2D eigenvalue weighted by Gasteiger charge is -2.29. The van der Waals surface area contributed by atoms with Gasteiger partial charge in [-0.1, -0.05) is 36.4 Å². The van der Waals surface area contributed by atoms with Crippen molar-refractivity contribution in [2.24, 2.45) is 0 Å². The molecule has 15 nitrogen and oxygen atoms in total. The molecule has 1 N–H and O–H groups in total. The van der Waals surface area contributed by atoms with Crippen LogP contribution in [0.3, 0.4) is 0 Å². The minimum atomic E-state index is -4.16. The molecule has 3 aromatic heterocycles. The lowest BCUT2D eigenvalue weighted by molar-refractivity contribution is -0.0634. The SMILES string of the molecule is O=C(OC[C@H]1O[C@@H](n2ccc(=O)[nH]c2=O)C(OC(=O)c2ccccc2)C1OP(=O)(n1ccnc1)n1ccnc1)c1ccccc1. The number of hydrogen-bond acceptors (Lipinski definition) is 11. The van der Waals surface area contributed by atoms with Crippen LogP contribution in [0.25, 0.3) is 0 Å². The largest absolute Gasteiger partial charge is 0.459 e. The number of ether oxygens (including phenoxy) is 3. The molecule has 0 amide bonds. The molecule has 230 valence electrons. The first-order valence-corrected chi connectivity index (χ1v) is 15.1. The Hall–Kier alpha value is -5.37. The van der Waals surface area contributed by atoms with Gasteiger partial charge in [-0.05, 0) is 24.3 Å². The number of aromatic amines is 1. The molecular weight excluding hydrogens is 607 g/mol. The molecule has 1 fully saturated rings. The average molecular weight is 633 g/mol. The Morgan fingerprint density at radius 2 is 1.42 bits per heavy atom. The highest BCUT2D eigenvalue weighted by Gasteiger charge is 2.53. The summed E-state index contributed by atoms with van der Waals surface area (Å²) in [6, 6.07) is 17.3. The molecule has 6 rings (SSSR count). The zero-order valence-corrected chi connectivity index (χ0v) is 24.2. The van der Waals surface area contributed by atoms with E-state index in [0.29, 0.717) is 0 Å². The number of carbonyl (C=O) groups is 2. The fourth-order valence-corrected chi connectivity index (χ4v) is 6.58. The summed E-state index contributed by atoms with van der Waals surface area (Å²) in [5.74, 6) is -1.49. The highest BCUT2D eigenvalue weighted by Crippen LogP contribution is 2.53. The van der Waals surface area contributed by atoms with Crippen LogP contribution < -0.4 is 11.2 Å². The summed E-state index contributed by atoms with van der Waals surface area (Å²) in [4.78, 5) is 61.2. The average Bonchev–Trinajstić information content (AvgIpc) is 3.85. The van der Waals surface area contributed by atoms with Crippen LogP contribution in [-0.2, 0) is 23.3 Å². The highest BCUT2D eigenvalue weighted by molar-refractivity contribution is 7.55. The van der Waals surface area contributed by atoms with Crippen molar-refractivity contribution in [1.29, 1.82) is 0 Å². The van der Waals surface area contributed by atoms with Gasteiger partial charge in [0.2, 0.25) is 0 Å².